The highest BCUT2D eigenvalue weighted by atomic mass is 35.5. The normalized spacial score (nSPS) is 15.7. The van der Waals surface area contributed by atoms with E-state index in [1.54, 1.807) is 0 Å². The lowest BCUT2D eigenvalue weighted by atomic mass is 9.88. The fourth-order valence-electron chi connectivity index (χ4n) is 3.35. The van der Waals surface area contributed by atoms with E-state index in [4.69, 9.17) is 5.73 Å². The number of hydrogen-bond acceptors (Lipinski definition) is 2. The number of halogens is 1. The molecule has 0 spiro atoms. The Morgan fingerprint density at radius 2 is 1.61 bits per heavy atom. The van der Waals surface area contributed by atoms with Gasteiger partial charge in [0.05, 0.1) is 12.0 Å². The van der Waals surface area contributed by atoms with Crippen LogP contribution in [0.25, 0.3) is 0 Å². The molecule has 23 heavy (non-hydrogen) atoms. The summed E-state index contributed by atoms with van der Waals surface area (Å²) in [5.41, 5.74) is 8.43. The second-order valence-corrected chi connectivity index (χ2v) is 6.12. The molecule has 4 heteroatoms. The Kier molecular flexibility index (Phi) is 5.67. The third-order valence-corrected chi connectivity index (χ3v) is 4.51. The first kappa shape index (κ1) is 17.4. The van der Waals surface area contributed by atoms with Crippen molar-refractivity contribution in [1.82, 2.24) is 5.32 Å². The number of anilines is 1. The second kappa shape index (κ2) is 7.51. The van der Waals surface area contributed by atoms with Crippen LogP contribution in [0.5, 0.6) is 0 Å². The van der Waals surface area contributed by atoms with E-state index >= 15 is 0 Å². The van der Waals surface area contributed by atoms with Crippen LogP contribution in [0.1, 0.15) is 36.8 Å². The minimum atomic E-state index is -0.188. The first-order valence-corrected chi connectivity index (χ1v) is 7.89. The van der Waals surface area contributed by atoms with Gasteiger partial charge in [0.1, 0.15) is 0 Å². The monoisotopic (exact) mass is 330 g/mol. The molecule has 0 saturated heterocycles. The van der Waals surface area contributed by atoms with Crippen molar-refractivity contribution in [3.8, 4) is 0 Å². The highest BCUT2D eigenvalue weighted by molar-refractivity contribution is 5.85. The van der Waals surface area contributed by atoms with Crippen LogP contribution < -0.4 is 11.1 Å². The van der Waals surface area contributed by atoms with Crippen LogP contribution in [0, 0.1) is 0 Å². The zero-order valence-corrected chi connectivity index (χ0v) is 13.9. The number of hydrogen-bond donors (Lipinski definition) is 2. The molecule has 0 heterocycles. The van der Waals surface area contributed by atoms with Gasteiger partial charge in [-0.15, -0.1) is 12.4 Å². The van der Waals surface area contributed by atoms with E-state index in [-0.39, 0.29) is 23.9 Å². The van der Waals surface area contributed by atoms with Gasteiger partial charge in [-0.2, -0.15) is 0 Å². The predicted octanol–water partition coefficient (Wildman–Crippen LogP) is 3.82. The van der Waals surface area contributed by atoms with Crippen molar-refractivity contribution in [2.24, 2.45) is 0 Å². The quantitative estimate of drug-likeness (QED) is 0.837. The van der Waals surface area contributed by atoms with Crippen LogP contribution in [0.3, 0.4) is 0 Å². The average Bonchev–Trinajstić information content (AvgIpc) is 3.00. The third-order valence-electron chi connectivity index (χ3n) is 4.51. The summed E-state index contributed by atoms with van der Waals surface area (Å²) in [4.78, 5) is 12.5. The van der Waals surface area contributed by atoms with Crippen LogP contribution in [0.15, 0.2) is 54.6 Å². The van der Waals surface area contributed by atoms with Gasteiger partial charge in [0.25, 0.3) is 0 Å². The number of carbonyl (C=O) groups is 1. The van der Waals surface area contributed by atoms with Gasteiger partial charge in [0.2, 0.25) is 5.91 Å². The summed E-state index contributed by atoms with van der Waals surface area (Å²) in [6.45, 7) is 0. The van der Waals surface area contributed by atoms with Gasteiger partial charge in [-0.3, -0.25) is 4.79 Å². The lowest BCUT2D eigenvalue weighted by Gasteiger charge is -2.31. The fourth-order valence-corrected chi connectivity index (χ4v) is 3.35. The Bertz CT molecular complexity index is 634. The molecule has 0 aliphatic heterocycles. The SMILES string of the molecule is Cl.Nc1ccc(CC(=O)NC2(c3ccccc3)CCCC2)cc1. The fraction of sp³-hybridized carbons (Fsp3) is 0.316. The Morgan fingerprint density at radius 3 is 2.22 bits per heavy atom. The van der Waals surface area contributed by atoms with E-state index in [1.807, 2.05) is 42.5 Å². The van der Waals surface area contributed by atoms with E-state index in [1.165, 1.54) is 5.56 Å². The maximum Gasteiger partial charge on any atom is 0.225 e. The molecule has 0 unspecified atom stereocenters. The summed E-state index contributed by atoms with van der Waals surface area (Å²) in [6, 6.07) is 17.9. The van der Waals surface area contributed by atoms with Gasteiger partial charge in [-0.1, -0.05) is 55.3 Å². The molecule has 0 atom stereocenters. The summed E-state index contributed by atoms with van der Waals surface area (Å²) >= 11 is 0. The number of amides is 1. The maximum atomic E-state index is 12.5. The molecule has 2 aromatic carbocycles. The van der Waals surface area contributed by atoms with E-state index < -0.39 is 0 Å². The molecule has 3 rings (SSSR count). The first-order valence-electron chi connectivity index (χ1n) is 7.89. The molecule has 2 aromatic rings. The van der Waals surface area contributed by atoms with Crippen molar-refractivity contribution in [2.45, 2.75) is 37.6 Å². The molecule has 0 aromatic heterocycles. The average molecular weight is 331 g/mol. The highest BCUT2D eigenvalue weighted by Crippen LogP contribution is 2.38. The van der Waals surface area contributed by atoms with E-state index in [0.717, 1.165) is 36.9 Å². The van der Waals surface area contributed by atoms with E-state index in [2.05, 4.69) is 17.4 Å². The van der Waals surface area contributed by atoms with Crippen LogP contribution in [-0.4, -0.2) is 5.91 Å². The second-order valence-electron chi connectivity index (χ2n) is 6.12. The minimum Gasteiger partial charge on any atom is -0.399 e. The van der Waals surface area contributed by atoms with Crippen LogP contribution in [-0.2, 0) is 16.8 Å². The molecular weight excluding hydrogens is 308 g/mol. The van der Waals surface area contributed by atoms with Crippen molar-refractivity contribution in [3.05, 3.63) is 65.7 Å². The van der Waals surface area contributed by atoms with Gasteiger partial charge in [0, 0.05) is 5.69 Å². The third kappa shape index (κ3) is 4.05. The molecule has 0 bridgehead atoms. The van der Waals surface area contributed by atoms with Crippen molar-refractivity contribution >= 4 is 24.0 Å². The standard InChI is InChI=1S/C19H22N2O.ClH/c20-17-10-8-15(9-11-17)14-18(22)21-19(12-4-5-13-19)16-6-2-1-3-7-16;/h1-3,6-11H,4-5,12-14,20H2,(H,21,22);1H. The maximum absolute atomic E-state index is 12.5. The van der Waals surface area contributed by atoms with Gasteiger partial charge in [-0.25, -0.2) is 0 Å². The number of carbonyl (C=O) groups excluding carboxylic acids is 1. The molecule has 1 aliphatic rings. The summed E-state index contributed by atoms with van der Waals surface area (Å²) in [7, 11) is 0. The molecule has 3 N–H and O–H groups in total. The van der Waals surface area contributed by atoms with Crippen molar-refractivity contribution in [3.63, 3.8) is 0 Å². The zero-order chi connectivity index (χ0) is 15.4. The zero-order valence-electron chi connectivity index (χ0n) is 13.1. The molecule has 0 radical (unpaired) electrons. The van der Waals surface area contributed by atoms with Gasteiger partial charge in [-0.05, 0) is 36.1 Å². The van der Waals surface area contributed by atoms with E-state index in [9.17, 15) is 4.79 Å². The smallest absolute Gasteiger partial charge is 0.225 e. The lowest BCUT2D eigenvalue weighted by Crippen LogP contribution is -2.44. The van der Waals surface area contributed by atoms with Gasteiger partial charge < -0.3 is 11.1 Å². The summed E-state index contributed by atoms with van der Waals surface area (Å²) < 4.78 is 0. The van der Waals surface area contributed by atoms with Crippen molar-refractivity contribution < 1.29 is 4.79 Å². The molecule has 122 valence electrons. The largest absolute Gasteiger partial charge is 0.399 e. The molecule has 3 nitrogen and oxygen atoms in total. The summed E-state index contributed by atoms with van der Waals surface area (Å²) in [5.74, 6) is 0.0792. The molecule has 1 amide bonds. The molecule has 1 aliphatic carbocycles. The van der Waals surface area contributed by atoms with Crippen molar-refractivity contribution in [1.29, 1.82) is 0 Å². The Labute approximate surface area is 143 Å². The number of rotatable bonds is 4. The molecule has 1 saturated carbocycles. The van der Waals surface area contributed by atoms with Crippen LogP contribution in [0.2, 0.25) is 0 Å². The number of nitrogens with one attached hydrogen (secondary N) is 1. The number of benzene rings is 2. The summed E-state index contributed by atoms with van der Waals surface area (Å²) in [5, 5.41) is 3.30. The van der Waals surface area contributed by atoms with Gasteiger partial charge in [0.15, 0.2) is 0 Å². The van der Waals surface area contributed by atoms with Crippen LogP contribution in [0.4, 0.5) is 5.69 Å². The predicted molar refractivity (Wildman–Crippen MR) is 96.5 cm³/mol. The van der Waals surface area contributed by atoms with Crippen LogP contribution >= 0.6 is 12.4 Å². The van der Waals surface area contributed by atoms with Gasteiger partial charge >= 0.3 is 0 Å². The Balaban J connectivity index is 0.00000192. The Morgan fingerprint density at radius 1 is 1.00 bits per heavy atom. The summed E-state index contributed by atoms with van der Waals surface area (Å²) in [6.07, 6.45) is 4.76. The lowest BCUT2D eigenvalue weighted by molar-refractivity contribution is -0.122. The topological polar surface area (TPSA) is 55.1 Å². The molecular formula is C19H23ClN2O. The molecule has 1 fully saturated rings. The highest BCUT2D eigenvalue weighted by Gasteiger charge is 2.36. The number of nitrogens with two attached hydrogens (primary N) is 1. The first-order chi connectivity index (χ1) is 10.7. The Hall–Kier alpha value is -2.00. The minimum absolute atomic E-state index is 0. The van der Waals surface area contributed by atoms with E-state index in [0.29, 0.717) is 6.42 Å². The van der Waals surface area contributed by atoms with Crippen molar-refractivity contribution in [2.75, 3.05) is 5.73 Å². The number of nitrogen functional groups attached to an aromatic ring is 1.